The Hall–Kier alpha value is -2.23. The second-order valence-electron chi connectivity index (χ2n) is 4.42. The van der Waals surface area contributed by atoms with E-state index in [1.54, 1.807) is 0 Å². The number of hydrogen-bond donors (Lipinski definition) is 1. The highest BCUT2D eigenvalue weighted by molar-refractivity contribution is 5.87. The highest BCUT2D eigenvalue weighted by atomic mass is 16.5. The molecule has 0 radical (unpaired) electrons. The number of ether oxygens (including phenoxy) is 1. The highest BCUT2D eigenvalue weighted by Gasteiger charge is 2.08. The van der Waals surface area contributed by atoms with Gasteiger partial charge in [0.05, 0.1) is 13.2 Å². The van der Waals surface area contributed by atoms with Crippen molar-refractivity contribution < 1.29 is 14.6 Å². The van der Waals surface area contributed by atoms with Crippen LogP contribution >= 0.6 is 0 Å². The minimum absolute atomic E-state index is 0.170. The summed E-state index contributed by atoms with van der Waals surface area (Å²) < 4.78 is 7.44. The summed E-state index contributed by atoms with van der Waals surface area (Å²) in [5, 5.41) is 9.90. The third kappa shape index (κ3) is 2.96. The van der Waals surface area contributed by atoms with Gasteiger partial charge in [0.15, 0.2) is 0 Å². The Balaban J connectivity index is 2.24. The maximum Gasteiger partial charge on any atom is 0.332 e. The zero-order valence-electron chi connectivity index (χ0n) is 10.9. The van der Waals surface area contributed by atoms with E-state index in [4.69, 9.17) is 9.84 Å². The van der Waals surface area contributed by atoms with Gasteiger partial charge in [-0.25, -0.2) is 4.79 Å². The normalized spacial score (nSPS) is 10.6. The predicted molar refractivity (Wildman–Crippen MR) is 74.5 cm³/mol. The fourth-order valence-electron chi connectivity index (χ4n) is 1.90. The topological polar surface area (TPSA) is 51.5 Å². The third-order valence-corrected chi connectivity index (χ3v) is 2.88. The van der Waals surface area contributed by atoms with Crippen LogP contribution in [0, 0.1) is 0 Å². The lowest BCUT2D eigenvalue weighted by atomic mass is 10.2. The monoisotopic (exact) mass is 259 g/mol. The summed E-state index contributed by atoms with van der Waals surface area (Å²) in [5.74, 6) is -0.131. The van der Waals surface area contributed by atoms with E-state index in [1.807, 2.05) is 35.0 Å². The molecule has 2 aromatic rings. The first-order chi connectivity index (χ1) is 9.11. The lowest BCUT2D eigenvalue weighted by Crippen LogP contribution is -2.07. The first-order valence-corrected chi connectivity index (χ1v) is 6.24. The molecule has 0 aliphatic heterocycles. The smallest absolute Gasteiger partial charge is 0.332 e. The molecular weight excluding hydrogens is 242 g/mol. The van der Waals surface area contributed by atoms with Crippen molar-refractivity contribution in [1.82, 2.24) is 4.57 Å². The number of hydrogen-bond acceptors (Lipinski definition) is 2. The highest BCUT2D eigenvalue weighted by Crippen LogP contribution is 2.22. The number of carbonyl (C=O) groups is 1. The minimum Gasteiger partial charge on any atom is -0.494 e. The van der Waals surface area contributed by atoms with Gasteiger partial charge in [0.1, 0.15) is 5.75 Å². The summed E-state index contributed by atoms with van der Waals surface area (Å²) in [7, 11) is 0. The summed E-state index contributed by atoms with van der Waals surface area (Å²) in [6, 6.07) is 7.75. The summed E-state index contributed by atoms with van der Waals surface area (Å²) in [6.07, 6.45) is 2.83. The summed E-state index contributed by atoms with van der Waals surface area (Å²) in [4.78, 5) is 10.8. The molecule has 0 aliphatic carbocycles. The number of fused-ring (bicyclic) bond motifs is 1. The van der Waals surface area contributed by atoms with Gasteiger partial charge < -0.3 is 14.4 Å². The molecule has 4 nitrogen and oxygen atoms in total. The molecule has 2 rings (SSSR count). The quantitative estimate of drug-likeness (QED) is 0.811. The Kier molecular flexibility index (Phi) is 3.90. The molecule has 0 aliphatic rings. The average Bonchev–Trinajstić information content (AvgIpc) is 2.78. The SMILES string of the molecule is C=C(Cn1ccc2cc(OCCC)ccc21)C(=O)O. The van der Waals surface area contributed by atoms with Gasteiger partial charge in [0.25, 0.3) is 0 Å². The summed E-state index contributed by atoms with van der Waals surface area (Å²) in [5.41, 5.74) is 1.15. The van der Waals surface area contributed by atoms with E-state index >= 15 is 0 Å². The van der Waals surface area contributed by atoms with Crippen LogP contribution in [0.1, 0.15) is 13.3 Å². The van der Waals surface area contributed by atoms with Crippen LogP contribution in [0.3, 0.4) is 0 Å². The number of benzene rings is 1. The number of carboxylic acid groups (broad SMARTS) is 1. The zero-order valence-corrected chi connectivity index (χ0v) is 10.9. The van der Waals surface area contributed by atoms with Crippen molar-refractivity contribution >= 4 is 16.9 Å². The van der Waals surface area contributed by atoms with Crippen LogP contribution in [0.5, 0.6) is 5.75 Å². The number of carboxylic acids is 1. The average molecular weight is 259 g/mol. The number of rotatable bonds is 6. The molecule has 0 saturated carbocycles. The first kappa shape index (κ1) is 13.2. The van der Waals surface area contributed by atoms with Gasteiger partial charge in [-0.05, 0) is 30.7 Å². The van der Waals surface area contributed by atoms with Crippen molar-refractivity contribution in [1.29, 1.82) is 0 Å². The van der Waals surface area contributed by atoms with E-state index in [-0.39, 0.29) is 12.1 Å². The largest absolute Gasteiger partial charge is 0.494 e. The van der Waals surface area contributed by atoms with Crippen LogP contribution in [0.15, 0.2) is 42.6 Å². The standard InChI is InChI=1S/C15H17NO3/c1-3-8-19-13-4-5-14-12(9-13)6-7-16(14)10-11(2)15(17)18/h4-7,9H,2-3,8,10H2,1H3,(H,17,18). The van der Waals surface area contributed by atoms with Crippen molar-refractivity contribution in [2.45, 2.75) is 19.9 Å². The van der Waals surface area contributed by atoms with Crippen LogP contribution in [-0.4, -0.2) is 22.2 Å². The van der Waals surface area contributed by atoms with E-state index in [0.717, 1.165) is 23.1 Å². The van der Waals surface area contributed by atoms with Crippen LogP contribution in [-0.2, 0) is 11.3 Å². The third-order valence-electron chi connectivity index (χ3n) is 2.88. The fraction of sp³-hybridized carbons (Fsp3) is 0.267. The Morgan fingerprint density at radius 2 is 2.21 bits per heavy atom. The van der Waals surface area contributed by atoms with Crippen molar-refractivity contribution in [2.24, 2.45) is 0 Å². The number of aromatic nitrogens is 1. The maximum atomic E-state index is 10.8. The van der Waals surface area contributed by atoms with Gasteiger partial charge in [-0.1, -0.05) is 13.5 Å². The zero-order chi connectivity index (χ0) is 13.8. The van der Waals surface area contributed by atoms with Crippen molar-refractivity contribution in [3.63, 3.8) is 0 Å². The molecule has 0 amide bonds. The van der Waals surface area contributed by atoms with Crippen LogP contribution < -0.4 is 4.74 Å². The fourth-order valence-corrected chi connectivity index (χ4v) is 1.90. The van der Waals surface area contributed by atoms with Crippen molar-refractivity contribution in [3.05, 3.63) is 42.6 Å². The van der Waals surface area contributed by atoms with E-state index in [1.165, 1.54) is 0 Å². The predicted octanol–water partition coefficient (Wildman–Crippen LogP) is 3.07. The molecule has 0 spiro atoms. The molecule has 1 aromatic heterocycles. The summed E-state index contributed by atoms with van der Waals surface area (Å²) in [6.45, 7) is 6.59. The number of nitrogens with zero attached hydrogens (tertiary/aromatic N) is 1. The second-order valence-corrected chi connectivity index (χ2v) is 4.42. The van der Waals surface area contributed by atoms with Gasteiger partial charge in [-0.15, -0.1) is 0 Å². The van der Waals surface area contributed by atoms with E-state index in [9.17, 15) is 4.79 Å². The van der Waals surface area contributed by atoms with Gasteiger partial charge >= 0.3 is 5.97 Å². The Labute approximate surface area is 111 Å². The van der Waals surface area contributed by atoms with E-state index < -0.39 is 5.97 Å². The molecular formula is C15H17NO3. The first-order valence-electron chi connectivity index (χ1n) is 6.24. The molecule has 0 atom stereocenters. The summed E-state index contributed by atoms with van der Waals surface area (Å²) >= 11 is 0. The van der Waals surface area contributed by atoms with Crippen molar-refractivity contribution in [2.75, 3.05) is 6.61 Å². The van der Waals surface area contributed by atoms with E-state index in [2.05, 4.69) is 13.5 Å². The van der Waals surface area contributed by atoms with Gasteiger partial charge in [-0.2, -0.15) is 0 Å². The molecule has 0 bridgehead atoms. The molecule has 0 fully saturated rings. The molecule has 1 N–H and O–H groups in total. The van der Waals surface area contributed by atoms with Crippen molar-refractivity contribution in [3.8, 4) is 5.75 Å². The van der Waals surface area contributed by atoms with Gasteiger partial charge in [0.2, 0.25) is 0 Å². The number of aliphatic carboxylic acids is 1. The van der Waals surface area contributed by atoms with Gasteiger partial charge in [-0.3, -0.25) is 0 Å². The Bertz CT molecular complexity index is 613. The van der Waals surface area contributed by atoms with Gasteiger partial charge in [0, 0.05) is 22.7 Å². The Morgan fingerprint density at radius 1 is 1.42 bits per heavy atom. The van der Waals surface area contributed by atoms with Crippen LogP contribution in [0.2, 0.25) is 0 Å². The molecule has 100 valence electrons. The molecule has 19 heavy (non-hydrogen) atoms. The van der Waals surface area contributed by atoms with E-state index in [0.29, 0.717) is 6.61 Å². The molecule has 0 saturated heterocycles. The lowest BCUT2D eigenvalue weighted by Gasteiger charge is -2.07. The van der Waals surface area contributed by atoms with Crippen LogP contribution in [0.4, 0.5) is 0 Å². The van der Waals surface area contributed by atoms with Crippen LogP contribution in [0.25, 0.3) is 10.9 Å². The maximum absolute atomic E-state index is 10.8. The molecule has 4 heteroatoms. The molecule has 0 unspecified atom stereocenters. The molecule has 1 heterocycles. The minimum atomic E-state index is -0.968. The second kappa shape index (κ2) is 5.61. The Morgan fingerprint density at radius 3 is 2.89 bits per heavy atom. The lowest BCUT2D eigenvalue weighted by molar-refractivity contribution is -0.132. The molecule has 1 aromatic carbocycles.